The van der Waals surface area contributed by atoms with Gasteiger partial charge in [0, 0.05) is 12.2 Å². The first-order chi connectivity index (χ1) is 10.1. The van der Waals surface area contributed by atoms with E-state index in [4.69, 9.17) is 0 Å². The summed E-state index contributed by atoms with van der Waals surface area (Å²) >= 11 is 0. The molecule has 2 rings (SSSR count). The smallest absolute Gasteiger partial charge is 0.228 e. The number of hydrogen-bond acceptors (Lipinski definition) is 2. The number of benzene rings is 2. The molecule has 0 radical (unpaired) electrons. The first-order valence-corrected chi connectivity index (χ1v) is 7.18. The topological polar surface area (TPSA) is 41.1 Å². The van der Waals surface area contributed by atoms with Crippen LogP contribution in [-0.2, 0) is 17.8 Å². The third kappa shape index (κ3) is 4.17. The van der Waals surface area contributed by atoms with Crippen LogP contribution >= 0.6 is 0 Å². The van der Waals surface area contributed by atoms with Crippen LogP contribution in [0, 0.1) is 13.8 Å². The normalized spacial score (nSPS) is 10.4. The molecule has 3 heteroatoms. The molecule has 0 saturated carbocycles. The highest BCUT2D eigenvalue weighted by atomic mass is 16.1. The van der Waals surface area contributed by atoms with E-state index < -0.39 is 0 Å². The molecule has 110 valence electrons. The van der Waals surface area contributed by atoms with Gasteiger partial charge in [-0.2, -0.15) is 0 Å². The average Bonchev–Trinajstić information content (AvgIpc) is 2.45. The van der Waals surface area contributed by atoms with Gasteiger partial charge in [-0.15, -0.1) is 0 Å². The molecule has 0 bridgehead atoms. The highest BCUT2D eigenvalue weighted by Crippen LogP contribution is 2.16. The van der Waals surface area contributed by atoms with E-state index in [1.54, 1.807) is 0 Å². The lowest BCUT2D eigenvalue weighted by Gasteiger charge is -2.11. The van der Waals surface area contributed by atoms with Crippen LogP contribution < -0.4 is 10.6 Å². The van der Waals surface area contributed by atoms with Gasteiger partial charge in [0.05, 0.1) is 6.42 Å². The Balaban J connectivity index is 2.06. The molecule has 0 aliphatic heterocycles. The zero-order chi connectivity index (χ0) is 15.2. The Hall–Kier alpha value is -2.13. The third-order valence-corrected chi connectivity index (χ3v) is 3.59. The first-order valence-electron chi connectivity index (χ1n) is 7.18. The van der Waals surface area contributed by atoms with E-state index in [0.717, 1.165) is 23.4 Å². The minimum atomic E-state index is 0.0156. The van der Waals surface area contributed by atoms with Crippen LogP contribution in [-0.4, -0.2) is 13.0 Å². The summed E-state index contributed by atoms with van der Waals surface area (Å²) in [5.74, 6) is 0.0156. The highest BCUT2D eigenvalue weighted by molar-refractivity contribution is 5.93. The SMILES string of the molecule is CNCc1ccccc1NC(=O)Cc1ccc(C)c(C)c1. The van der Waals surface area contributed by atoms with E-state index in [2.05, 4.69) is 36.6 Å². The summed E-state index contributed by atoms with van der Waals surface area (Å²) in [5.41, 5.74) is 5.48. The Kier molecular flexibility index (Phi) is 5.12. The summed E-state index contributed by atoms with van der Waals surface area (Å²) in [7, 11) is 1.90. The lowest BCUT2D eigenvalue weighted by Crippen LogP contribution is -2.17. The van der Waals surface area contributed by atoms with Gasteiger partial charge >= 0.3 is 0 Å². The van der Waals surface area contributed by atoms with Crippen molar-refractivity contribution < 1.29 is 4.79 Å². The Morgan fingerprint density at radius 2 is 1.81 bits per heavy atom. The van der Waals surface area contributed by atoms with Gasteiger partial charge < -0.3 is 10.6 Å². The summed E-state index contributed by atoms with van der Waals surface area (Å²) < 4.78 is 0. The highest BCUT2D eigenvalue weighted by Gasteiger charge is 2.07. The number of hydrogen-bond donors (Lipinski definition) is 2. The van der Waals surface area contributed by atoms with Crippen molar-refractivity contribution in [2.45, 2.75) is 26.8 Å². The monoisotopic (exact) mass is 282 g/mol. The van der Waals surface area contributed by atoms with Crippen molar-refractivity contribution in [2.24, 2.45) is 0 Å². The molecule has 0 aromatic heterocycles. The molecule has 21 heavy (non-hydrogen) atoms. The van der Waals surface area contributed by atoms with Crippen LogP contribution in [0.15, 0.2) is 42.5 Å². The first kappa shape index (κ1) is 15.3. The van der Waals surface area contributed by atoms with E-state index in [9.17, 15) is 4.79 Å². The number of anilines is 1. The van der Waals surface area contributed by atoms with E-state index in [-0.39, 0.29) is 5.91 Å². The molecule has 0 saturated heterocycles. The van der Waals surface area contributed by atoms with Gasteiger partial charge in [-0.3, -0.25) is 4.79 Å². The van der Waals surface area contributed by atoms with Crippen molar-refractivity contribution in [1.82, 2.24) is 5.32 Å². The van der Waals surface area contributed by atoms with Gasteiger partial charge in [-0.1, -0.05) is 36.4 Å². The predicted molar refractivity (Wildman–Crippen MR) is 87.5 cm³/mol. The van der Waals surface area contributed by atoms with Gasteiger partial charge in [0.1, 0.15) is 0 Å². The molecular formula is C18H22N2O. The standard InChI is InChI=1S/C18H22N2O/c1-13-8-9-15(10-14(13)2)11-18(21)20-17-7-5-4-6-16(17)12-19-3/h4-10,19H,11-12H2,1-3H3,(H,20,21). The molecule has 0 unspecified atom stereocenters. The predicted octanol–water partition coefficient (Wildman–Crippen LogP) is 3.20. The summed E-state index contributed by atoms with van der Waals surface area (Å²) in [6.07, 6.45) is 0.398. The van der Waals surface area contributed by atoms with Crippen LogP contribution in [0.3, 0.4) is 0 Å². The summed E-state index contributed by atoms with van der Waals surface area (Å²) in [6.45, 7) is 4.88. The number of nitrogens with one attached hydrogen (secondary N) is 2. The second kappa shape index (κ2) is 7.04. The van der Waals surface area contributed by atoms with Crippen molar-refractivity contribution >= 4 is 11.6 Å². The largest absolute Gasteiger partial charge is 0.325 e. The summed E-state index contributed by atoms with van der Waals surface area (Å²) in [4.78, 5) is 12.2. The Morgan fingerprint density at radius 3 is 2.52 bits per heavy atom. The second-order valence-corrected chi connectivity index (χ2v) is 5.33. The number of amides is 1. The fourth-order valence-electron chi connectivity index (χ4n) is 2.28. The van der Waals surface area contributed by atoms with Crippen LogP contribution in [0.5, 0.6) is 0 Å². The van der Waals surface area contributed by atoms with E-state index in [1.165, 1.54) is 11.1 Å². The fourth-order valence-corrected chi connectivity index (χ4v) is 2.28. The Labute approximate surface area is 126 Å². The van der Waals surface area contributed by atoms with E-state index in [0.29, 0.717) is 6.42 Å². The zero-order valence-corrected chi connectivity index (χ0v) is 12.9. The van der Waals surface area contributed by atoms with Crippen LogP contribution in [0.1, 0.15) is 22.3 Å². The van der Waals surface area contributed by atoms with Crippen molar-refractivity contribution in [3.63, 3.8) is 0 Å². The van der Waals surface area contributed by atoms with Crippen molar-refractivity contribution in [2.75, 3.05) is 12.4 Å². The molecule has 0 aliphatic carbocycles. The Bertz CT molecular complexity index is 635. The maximum atomic E-state index is 12.2. The maximum Gasteiger partial charge on any atom is 0.228 e. The quantitative estimate of drug-likeness (QED) is 0.884. The molecule has 0 atom stereocenters. The number of aryl methyl sites for hydroxylation is 2. The number of carbonyl (C=O) groups is 1. The van der Waals surface area contributed by atoms with Crippen molar-refractivity contribution in [3.8, 4) is 0 Å². The number of rotatable bonds is 5. The molecule has 0 aliphatic rings. The van der Waals surface area contributed by atoms with Crippen LogP contribution in [0.2, 0.25) is 0 Å². The minimum Gasteiger partial charge on any atom is -0.325 e. The summed E-state index contributed by atoms with van der Waals surface area (Å²) in [6, 6.07) is 14.0. The van der Waals surface area contributed by atoms with Gasteiger partial charge in [0.15, 0.2) is 0 Å². The molecular weight excluding hydrogens is 260 g/mol. The van der Waals surface area contributed by atoms with Crippen molar-refractivity contribution in [3.05, 3.63) is 64.7 Å². The fraction of sp³-hybridized carbons (Fsp3) is 0.278. The second-order valence-electron chi connectivity index (χ2n) is 5.33. The van der Waals surface area contributed by atoms with E-state index in [1.807, 2.05) is 37.4 Å². The number of carbonyl (C=O) groups excluding carboxylic acids is 1. The lowest BCUT2D eigenvalue weighted by atomic mass is 10.0. The number of para-hydroxylation sites is 1. The van der Waals surface area contributed by atoms with Gasteiger partial charge in [-0.25, -0.2) is 0 Å². The molecule has 0 spiro atoms. The Morgan fingerprint density at radius 1 is 1.05 bits per heavy atom. The molecule has 0 heterocycles. The molecule has 0 fully saturated rings. The van der Waals surface area contributed by atoms with Crippen molar-refractivity contribution in [1.29, 1.82) is 0 Å². The molecule has 2 aromatic carbocycles. The van der Waals surface area contributed by atoms with E-state index >= 15 is 0 Å². The van der Waals surface area contributed by atoms with Gasteiger partial charge in [-0.05, 0) is 49.2 Å². The molecule has 3 nitrogen and oxygen atoms in total. The summed E-state index contributed by atoms with van der Waals surface area (Å²) in [5, 5.41) is 6.11. The zero-order valence-electron chi connectivity index (χ0n) is 12.9. The van der Waals surface area contributed by atoms with Gasteiger partial charge in [0.25, 0.3) is 0 Å². The molecule has 1 amide bonds. The molecule has 2 aromatic rings. The van der Waals surface area contributed by atoms with Gasteiger partial charge in [0.2, 0.25) is 5.91 Å². The van der Waals surface area contributed by atoms with Crippen LogP contribution in [0.25, 0.3) is 0 Å². The third-order valence-electron chi connectivity index (χ3n) is 3.59. The lowest BCUT2D eigenvalue weighted by molar-refractivity contribution is -0.115. The van der Waals surface area contributed by atoms with Crippen LogP contribution in [0.4, 0.5) is 5.69 Å². The molecule has 2 N–H and O–H groups in total. The minimum absolute atomic E-state index is 0.0156. The average molecular weight is 282 g/mol. The maximum absolute atomic E-state index is 12.2.